The number of urea groups is 1. The number of pyridine rings is 1. The van der Waals surface area contributed by atoms with Crippen molar-refractivity contribution in [2.45, 2.75) is 31.8 Å². The molecule has 1 aromatic carbocycles. The smallest absolute Gasteiger partial charge is 0.321 e. The molecule has 0 saturated carbocycles. The average Bonchev–Trinajstić information content (AvgIpc) is 3.26. The number of imide groups is 1. The fraction of sp³-hybridized carbons (Fsp3) is 0.348. The third-order valence-electron chi connectivity index (χ3n) is 4.92. The number of hydrogen-bond acceptors (Lipinski definition) is 7. The fourth-order valence-corrected chi connectivity index (χ4v) is 4.09. The number of ether oxygens (including phenoxy) is 1. The molecule has 2 aromatic heterocycles. The van der Waals surface area contributed by atoms with E-state index in [1.807, 2.05) is 16.7 Å². The number of nitrogens with zero attached hydrogens (tertiary/aromatic N) is 4. The maximum Gasteiger partial charge on any atom is 0.321 e. The zero-order chi connectivity index (χ0) is 23.6. The van der Waals surface area contributed by atoms with Crippen molar-refractivity contribution in [2.75, 3.05) is 26.0 Å². The first-order chi connectivity index (χ1) is 16.1. The number of para-hydroxylation sites is 1. The topological polar surface area (TPSA) is 111 Å². The van der Waals surface area contributed by atoms with E-state index in [4.69, 9.17) is 4.74 Å². The first kappa shape index (κ1) is 24.4. The summed E-state index contributed by atoms with van der Waals surface area (Å²) in [7, 11) is 1.54. The molecule has 33 heavy (non-hydrogen) atoms. The standard InChI is InChI=1S/C23H28N6O3S/c1-4-16-8-6-9-17(5-2)20(16)29-21(18-10-7-11-24-14-18)27-28-23(29)33-15-19(30)26-22(31)25-12-13-32-3/h6-11,14H,4-5,12-13,15H2,1-3H3,(H2,25,26,30,31). The minimum atomic E-state index is -0.556. The maximum absolute atomic E-state index is 12.3. The van der Waals surface area contributed by atoms with E-state index in [1.54, 1.807) is 12.4 Å². The molecular weight excluding hydrogens is 440 g/mol. The molecule has 2 heterocycles. The lowest BCUT2D eigenvalue weighted by Gasteiger charge is -2.17. The second-order valence-corrected chi connectivity index (χ2v) is 8.04. The van der Waals surface area contributed by atoms with Crippen LogP contribution in [0.15, 0.2) is 47.9 Å². The Balaban J connectivity index is 1.91. The molecule has 0 aliphatic carbocycles. The van der Waals surface area contributed by atoms with Gasteiger partial charge in [0.1, 0.15) is 0 Å². The molecule has 9 nitrogen and oxygen atoms in total. The minimum absolute atomic E-state index is 0.0125. The van der Waals surface area contributed by atoms with E-state index in [0.29, 0.717) is 24.1 Å². The zero-order valence-electron chi connectivity index (χ0n) is 19.0. The van der Waals surface area contributed by atoms with E-state index in [0.717, 1.165) is 35.2 Å². The minimum Gasteiger partial charge on any atom is -0.383 e. The highest BCUT2D eigenvalue weighted by molar-refractivity contribution is 7.99. The number of carbonyl (C=O) groups excluding carboxylic acids is 2. The van der Waals surface area contributed by atoms with Gasteiger partial charge in [-0.3, -0.25) is 19.7 Å². The Labute approximate surface area is 197 Å². The number of methoxy groups -OCH3 is 1. The fourth-order valence-electron chi connectivity index (χ4n) is 3.35. The highest BCUT2D eigenvalue weighted by atomic mass is 32.2. The van der Waals surface area contributed by atoms with Crippen molar-refractivity contribution in [3.8, 4) is 17.1 Å². The lowest BCUT2D eigenvalue weighted by Crippen LogP contribution is -2.41. The van der Waals surface area contributed by atoms with Gasteiger partial charge in [0.05, 0.1) is 18.0 Å². The van der Waals surface area contributed by atoms with E-state index in [9.17, 15) is 9.59 Å². The number of thioether (sulfide) groups is 1. The van der Waals surface area contributed by atoms with Gasteiger partial charge in [0.2, 0.25) is 5.91 Å². The molecule has 0 unspecified atom stereocenters. The van der Waals surface area contributed by atoms with Gasteiger partial charge < -0.3 is 10.1 Å². The van der Waals surface area contributed by atoms with Gasteiger partial charge in [0.15, 0.2) is 11.0 Å². The van der Waals surface area contributed by atoms with Crippen molar-refractivity contribution < 1.29 is 14.3 Å². The largest absolute Gasteiger partial charge is 0.383 e. The summed E-state index contributed by atoms with van der Waals surface area (Å²) in [5.74, 6) is 0.240. The summed E-state index contributed by atoms with van der Waals surface area (Å²) in [6.45, 7) is 4.90. The Kier molecular flexibility index (Phi) is 8.96. The summed E-state index contributed by atoms with van der Waals surface area (Å²) in [5.41, 5.74) is 4.16. The van der Waals surface area contributed by atoms with Crippen LogP contribution >= 0.6 is 11.8 Å². The van der Waals surface area contributed by atoms with E-state index >= 15 is 0 Å². The molecule has 3 aromatic rings. The van der Waals surface area contributed by atoms with Crippen molar-refractivity contribution in [3.05, 3.63) is 53.9 Å². The van der Waals surface area contributed by atoms with E-state index in [1.165, 1.54) is 18.9 Å². The van der Waals surface area contributed by atoms with E-state index in [-0.39, 0.29) is 5.75 Å². The number of benzene rings is 1. The molecule has 3 amide bonds. The van der Waals surface area contributed by atoms with Crippen LogP contribution in [0, 0.1) is 0 Å². The van der Waals surface area contributed by atoms with Gasteiger partial charge in [0, 0.05) is 31.6 Å². The molecule has 3 rings (SSSR count). The first-order valence-corrected chi connectivity index (χ1v) is 11.7. The van der Waals surface area contributed by atoms with Crippen molar-refractivity contribution in [1.82, 2.24) is 30.4 Å². The second-order valence-electron chi connectivity index (χ2n) is 7.10. The van der Waals surface area contributed by atoms with Crippen LogP contribution < -0.4 is 10.6 Å². The predicted octanol–water partition coefficient (Wildman–Crippen LogP) is 3.02. The monoisotopic (exact) mass is 468 g/mol. The van der Waals surface area contributed by atoms with Gasteiger partial charge in [-0.05, 0) is 36.1 Å². The van der Waals surface area contributed by atoms with Crippen molar-refractivity contribution >= 4 is 23.7 Å². The van der Waals surface area contributed by atoms with Gasteiger partial charge in [-0.1, -0.05) is 43.8 Å². The summed E-state index contributed by atoms with van der Waals surface area (Å²) < 4.78 is 6.87. The third kappa shape index (κ3) is 6.17. The highest BCUT2D eigenvalue weighted by Gasteiger charge is 2.21. The molecule has 0 radical (unpaired) electrons. The molecule has 0 aliphatic rings. The summed E-state index contributed by atoms with van der Waals surface area (Å²) in [6.07, 6.45) is 5.12. The van der Waals surface area contributed by atoms with Crippen LogP contribution in [-0.2, 0) is 22.4 Å². The number of nitrogens with one attached hydrogen (secondary N) is 2. The van der Waals surface area contributed by atoms with Gasteiger partial charge in [-0.15, -0.1) is 10.2 Å². The van der Waals surface area contributed by atoms with Crippen LogP contribution in [0.5, 0.6) is 0 Å². The molecule has 10 heteroatoms. The van der Waals surface area contributed by atoms with Crippen LogP contribution in [0.2, 0.25) is 0 Å². The lowest BCUT2D eigenvalue weighted by atomic mass is 10.0. The van der Waals surface area contributed by atoms with Gasteiger partial charge >= 0.3 is 6.03 Å². The SMILES string of the molecule is CCc1cccc(CC)c1-n1c(SCC(=O)NC(=O)NCCOC)nnc1-c1cccnc1. The van der Waals surface area contributed by atoms with Crippen molar-refractivity contribution in [3.63, 3.8) is 0 Å². The maximum atomic E-state index is 12.3. The Hall–Kier alpha value is -3.24. The zero-order valence-corrected chi connectivity index (χ0v) is 19.8. The molecule has 0 saturated heterocycles. The first-order valence-electron chi connectivity index (χ1n) is 10.7. The summed E-state index contributed by atoms with van der Waals surface area (Å²) in [5, 5.41) is 14.3. The molecule has 0 aliphatic heterocycles. The summed E-state index contributed by atoms with van der Waals surface area (Å²) >= 11 is 1.23. The van der Waals surface area contributed by atoms with E-state index in [2.05, 4.69) is 57.9 Å². The second kappa shape index (κ2) is 12.1. The number of hydrogen-bond donors (Lipinski definition) is 2. The molecule has 0 spiro atoms. The molecule has 0 fully saturated rings. The van der Waals surface area contributed by atoms with Crippen LogP contribution in [0.1, 0.15) is 25.0 Å². The normalized spacial score (nSPS) is 10.8. The van der Waals surface area contributed by atoms with E-state index < -0.39 is 11.9 Å². The number of carbonyl (C=O) groups is 2. The third-order valence-corrected chi connectivity index (χ3v) is 5.85. The molecular formula is C23H28N6O3S. The number of rotatable bonds is 10. The Morgan fingerprint density at radius 1 is 1.09 bits per heavy atom. The van der Waals surface area contributed by atoms with Gasteiger partial charge in [0.25, 0.3) is 0 Å². The van der Waals surface area contributed by atoms with Crippen LogP contribution in [0.25, 0.3) is 17.1 Å². The number of aryl methyl sites for hydroxylation is 2. The molecule has 0 atom stereocenters. The summed E-state index contributed by atoms with van der Waals surface area (Å²) in [4.78, 5) is 28.4. The van der Waals surface area contributed by atoms with Gasteiger partial charge in [-0.2, -0.15) is 0 Å². The molecule has 174 valence electrons. The summed E-state index contributed by atoms with van der Waals surface area (Å²) in [6, 6.07) is 9.46. The number of amides is 3. The van der Waals surface area contributed by atoms with Crippen LogP contribution in [0.3, 0.4) is 0 Å². The molecule has 2 N–H and O–H groups in total. The lowest BCUT2D eigenvalue weighted by molar-refractivity contribution is -0.117. The van der Waals surface area contributed by atoms with Gasteiger partial charge in [-0.25, -0.2) is 4.79 Å². The van der Waals surface area contributed by atoms with Crippen LogP contribution in [-0.4, -0.2) is 57.7 Å². The average molecular weight is 469 g/mol. The quantitative estimate of drug-likeness (QED) is 0.348. The Bertz CT molecular complexity index is 1060. The Morgan fingerprint density at radius 3 is 2.48 bits per heavy atom. The predicted molar refractivity (Wildman–Crippen MR) is 127 cm³/mol. The highest BCUT2D eigenvalue weighted by Crippen LogP contribution is 2.32. The number of aromatic nitrogens is 4. The Morgan fingerprint density at radius 2 is 1.85 bits per heavy atom. The molecule has 0 bridgehead atoms. The van der Waals surface area contributed by atoms with Crippen molar-refractivity contribution in [1.29, 1.82) is 0 Å². The van der Waals surface area contributed by atoms with Crippen LogP contribution in [0.4, 0.5) is 4.79 Å². The van der Waals surface area contributed by atoms with Crippen molar-refractivity contribution in [2.24, 2.45) is 0 Å².